The molecule has 0 aliphatic carbocycles. The fraction of sp³-hybridized carbons (Fsp3) is 0.310. The van der Waals surface area contributed by atoms with Gasteiger partial charge in [0.15, 0.2) is 0 Å². The molecule has 1 fully saturated rings. The zero-order chi connectivity index (χ0) is 28.8. The average molecular weight is 748 g/mol. The van der Waals surface area contributed by atoms with E-state index in [9.17, 15) is 16.8 Å². The molecular formula is C29H34Br2ClN3O4S2. The van der Waals surface area contributed by atoms with Crippen molar-refractivity contribution in [3.05, 3.63) is 106 Å². The summed E-state index contributed by atoms with van der Waals surface area (Å²) in [5, 5.41) is 0. The van der Waals surface area contributed by atoms with E-state index in [0.717, 1.165) is 14.5 Å². The van der Waals surface area contributed by atoms with Crippen LogP contribution in [0.4, 0.5) is 0 Å². The third-order valence-electron chi connectivity index (χ3n) is 6.72. The van der Waals surface area contributed by atoms with Gasteiger partial charge < -0.3 is 0 Å². The van der Waals surface area contributed by atoms with E-state index in [1.54, 1.807) is 48.5 Å². The Kier molecular flexibility index (Phi) is 12.6. The quantitative estimate of drug-likeness (QED) is 0.282. The number of halogens is 3. The molecule has 3 aromatic carbocycles. The smallest absolute Gasteiger partial charge is 0.243 e. The number of sulfonamides is 2. The molecule has 222 valence electrons. The Balaban J connectivity index is 0.00000462. The van der Waals surface area contributed by atoms with Crippen molar-refractivity contribution in [1.82, 2.24) is 13.5 Å². The minimum absolute atomic E-state index is 0. The van der Waals surface area contributed by atoms with Gasteiger partial charge in [-0.25, -0.2) is 16.8 Å². The van der Waals surface area contributed by atoms with Gasteiger partial charge in [0.05, 0.1) is 9.79 Å². The van der Waals surface area contributed by atoms with E-state index in [1.165, 1.54) is 8.61 Å². The molecular weight excluding hydrogens is 714 g/mol. The van der Waals surface area contributed by atoms with E-state index in [4.69, 9.17) is 0 Å². The van der Waals surface area contributed by atoms with E-state index in [2.05, 4.69) is 55.5 Å². The van der Waals surface area contributed by atoms with Gasteiger partial charge >= 0.3 is 0 Å². The molecule has 41 heavy (non-hydrogen) atoms. The molecule has 1 saturated heterocycles. The lowest BCUT2D eigenvalue weighted by Crippen LogP contribution is -2.41. The van der Waals surface area contributed by atoms with Gasteiger partial charge in [-0.1, -0.05) is 68.8 Å². The lowest BCUT2D eigenvalue weighted by atomic mass is 10.2. The van der Waals surface area contributed by atoms with E-state index >= 15 is 0 Å². The van der Waals surface area contributed by atoms with Gasteiger partial charge in [-0.3, -0.25) is 4.90 Å². The molecule has 0 spiro atoms. The van der Waals surface area contributed by atoms with E-state index in [1.807, 2.05) is 18.2 Å². The highest BCUT2D eigenvalue weighted by Crippen LogP contribution is 2.24. The van der Waals surface area contributed by atoms with Crippen LogP contribution in [0.1, 0.15) is 18.4 Å². The number of rotatable bonds is 6. The van der Waals surface area contributed by atoms with Crippen LogP contribution in [0.3, 0.4) is 0 Å². The van der Waals surface area contributed by atoms with Crippen molar-refractivity contribution in [2.75, 3.05) is 39.3 Å². The molecule has 0 unspecified atom stereocenters. The molecule has 1 aliphatic rings. The van der Waals surface area contributed by atoms with Crippen LogP contribution in [0, 0.1) is 0 Å². The minimum atomic E-state index is -3.83. The maximum atomic E-state index is 13.7. The summed E-state index contributed by atoms with van der Waals surface area (Å²) in [5.74, 6) is 0. The highest BCUT2D eigenvalue weighted by atomic mass is 79.9. The monoisotopic (exact) mass is 745 g/mol. The van der Waals surface area contributed by atoms with Crippen LogP contribution in [-0.2, 0) is 26.6 Å². The van der Waals surface area contributed by atoms with Crippen molar-refractivity contribution in [3.8, 4) is 0 Å². The SMILES string of the molecule is C=C1CN(S(=O)(=O)c2ccc(Br)cc2)CCCN(Cc2ccccc2)CCCN(S(=O)(=O)c2ccc(Br)cc2)C1.Cl. The standard InChI is InChI=1S/C29H33Br2N3O4S2.ClH/c1-24-21-33(39(35,36)28-13-9-26(30)10-14-28)19-5-17-32(23-25-7-3-2-4-8-25)18-6-20-34(22-24)40(37,38)29-15-11-27(31)12-16-29;/h2-4,7-16H,1,5-6,17-23H2;1H. The fourth-order valence-corrected chi connectivity index (χ4v) is 8.21. The molecule has 0 saturated carbocycles. The van der Waals surface area contributed by atoms with Crippen molar-refractivity contribution < 1.29 is 16.8 Å². The number of hydrogen-bond donors (Lipinski definition) is 0. The summed E-state index contributed by atoms with van der Waals surface area (Å²) < 4.78 is 59.2. The molecule has 12 heteroatoms. The van der Waals surface area contributed by atoms with Crippen molar-refractivity contribution in [2.45, 2.75) is 29.2 Å². The van der Waals surface area contributed by atoms with Crippen LogP contribution in [0.25, 0.3) is 0 Å². The average Bonchev–Trinajstić information content (AvgIpc) is 2.92. The maximum Gasteiger partial charge on any atom is 0.243 e. The first kappa shape index (κ1) is 33.9. The van der Waals surface area contributed by atoms with Gasteiger partial charge in [0.2, 0.25) is 20.0 Å². The van der Waals surface area contributed by atoms with Gasteiger partial charge in [0.25, 0.3) is 0 Å². The second-order valence-electron chi connectivity index (χ2n) is 9.80. The zero-order valence-corrected chi connectivity index (χ0v) is 28.2. The summed E-state index contributed by atoms with van der Waals surface area (Å²) in [4.78, 5) is 2.65. The number of benzene rings is 3. The minimum Gasteiger partial charge on any atom is -0.299 e. The number of nitrogens with zero attached hydrogens (tertiary/aromatic N) is 3. The van der Waals surface area contributed by atoms with Crippen molar-refractivity contribution in [2.24, 2.45) is 0 Å². The van der Waals surface area contributed by atoms with E-state index < -0.39 is 20.0 Å². The van der Waals surface area contributed by atoms with Crippen LogP contribution >= 0.6 is 44.3 Å². The molecule has 0 bridgehead atoms. The van der Waals surface area contributed by atoms with Crippen molar-refractivity contribution >= 4 is 64.3 Å². The highest BCUT2D eigenvalue weighted by molar-refractivity contribution is 9.10. The van der Waals surface area contributed by atoms with Gasteiger partial charge in [-0.2, -0.15) is 8.61 Å². The zero-order valence-electron chi connectivity index (χ0n) is 22.5. The second-order valence-corrected chi connectivity index (χ2v) is 15.5. The first-order valence-electron chi connectivity index (χ1n) is 13.0. The fourth-order valence-electron chi connectivity index (χ4n) is 4.68. The lowest BCUT2D eigenvalue weighted by Gasteiger charge is -2.30. The second kappa shape index (κ2) is 15.2. The molecule has 0 radical (unpaired) electrons. The Hall–Kier alpha value is -1.57. The summed E-state index contributed by atoms with van der Waals surface area (Å²) in [6.45, 7) is 6.82. The van der Waals surface area contributed by atoms with Gasteiger partial charge in [0, 0.05) is 41.7 Å². The number of hydrogen-bond acceptors (Lipinski definition) is 5. The van der Waals surface area contributed by atoms with Gasteiger partial charge in [-0.15, -0.1) is 12.4 Å². The molecule has 0 atom stereocenters. The molecule has 0 N–H and O–H groups in total. The Labute approximate surface area is 267 Å². The normalized spacial score (nSPS) is 17.3. The Bertz CT molecular complexity index is 1410. The molecule has 1 aliphatic heterocycles. The Morgan fingerprint density at radius 3 is 1.46 bits per heavy atom. The first-order valence-corrected chi connectivity index (χ1v) is 17.5. The van der Waals surface area contributed by atoms with Crippen LogP contribution in [0.15, 0.2) is 110 Å². The first-order chi connectivity index (χ1) is 19.1. The third kappa shape index (κ3) is 9.21. The largest absolute Gasteiger partial charge is 0.299 e. The summed E-state index contributed by atoms with van der Waals surface area (Å²) in [7, 11) is -7.65. The van der Waals surface area contributed by atoms with Crippen LogP contribution in [-0.4, -0.2) is 69.6 Å². The van der Waals surface area contributed by atoms with Gasteiger partial charge in [0.1, 0.15) is 0 Å². The van der Waals surface area contributed by atoms with E-state index in [-0.39, 0.29) is 35.3 Å². The summed E-state index contributed by atoms with van der Waals surface area (Å²) in [6.07, 6.45) is 1.27. The topological polar surface area (TPSA) is 78.0 Å². The Morgan fingerprint density at radius 1 is 0.634 bits per heavy atom. The van der Waals surface area contributed by atoms with Crippen molar-refractivity contribution in [1.29, 1.82) is 0 Å². The maximum absolute atomic E-state index is 13.7. The lowest BCUT2D eigenvalue weighted by molar-refractivity contribution is 0.238. The summed E-state index contributed by atoms with van der Waals surface area (Å²) in [5.41, 5.74) is 1.67. The van der Waals surface area contributed by atoms with Gasteiger partial charge in [-0.05, 0) is 85.6 Å². The predicted molar refractivity (Wildman–Crippen MR) is 173 cm³/mol. The molecule has 0 aromatic heterocycles. The highest BCUT2D eigenvalue weighted by Gasteiger charge is 2.29. The Morgan fingerprint density at radius 2 is 1.05 bits per heavy atom. The third-order valence-corrected chi connectivity index (χ3v) is 11.5. The van der Waals surface area contributed by atoms with Crippen LogP contribution in [0.2, 0.25) is 0 Å². The molecule has 1 heterocycles. The summed E-state index contributed by atoms with van der Waals surface area (Å²) >= 11 is 6.73. The molecule has 0 amide bonds. The summed E-state index contributed by atoms with van der Waals surface area (Å²) in [6, 6.07) is 23.2. The van der Waals surface area contributed by atoms with E-state index in [0.29, 0.717) is 51.1 Å². The van der Waals surface area contributed by atoms with Crippen molar-refractivity contribution in [3.63, 3.8) is 0 Å². The molecule has 7 nitrogen and oxygen atoms in total. The predicted octanol–water partition coefficient (Wildman–Crippen LogP) is 6.17. The molecule has 3 aromatic rings. The molecule has 4 rings (SSSR count). The van der Waals surface area contributed by atoms with Crippen LogP contribution < -0.4 is 0 Å². The van der Waals surface area contributed by atoms with Crippen LogP contribution in [0.5, 0.6) is 0 Å².